The molecule has 0 heterocycles. The number of hydrogen-bond donors (Lipinski definition) is 2. The molecule has 0 saturated heterocycles. The van der Waals surface area contributed by atoms with Crippen LogP contribution in [0.3, 0.4) is 0 Å². The topological polar surface area (TPSA) is 74.6 Å². The molecule has 2 N–H and O–H groups in total. The van der Waals surface area contributed by atoms with Gasteiger partial charge in [0.2, 0.25) is 0 Å². The van der Waals surface area contributed by atoms with Crippen LogP contribution in [0.25, 0.3) is 0 Å². The number of halogens is 4. The SMILES string of the molecule is CC1(C(=O)O)C=C(CCBr)C(Cl)=C(C(=O)O)C1c1ccc(F)c(Cl)c1. The summed E-state index contributed by atoms with van der Waals surface area (Å²) >= 11 is 15.3. The number of rotatable bonds is 5. The van der Waals surface area contributed by atoms with E-state index >= 15 is 0 Å². The Kier molecular flexibility index (Phi) is 5.97. The van der Waals surface area contributed by atoms with Crippen molar-refractivity contribution in [2.24, 2.45) is 5.41 Å². The van der Waals surface area contributed by atoms with Gasteiger partial charge in [-0.2, -0.15) is 0 Å². The fraction of sp³-hybridized carbons (Fsp3) is 0.294. The summed E-state index contributed by atoms with van der Waals surface area (Å²) in [6.07, 6.45) is 1.84. The Morgan fingerprint density at radius 2 is 1.96 bits per heavy atom. The molecule has 134 valence electrons. The minimum Gasteiger partial charge on any atom is -0.481 e. The molecule has 0 saturated carbocycles. The third-order valence-corrected chi connectivity index (χ3v) is 5.35. The molecule has 0 aromatic heterocycles. The Labute approximate surface area is 162 Å². The maximum atomic E-state index is 13.5. The van der Waals surface area contributed by atoms with Crippen LogP contribution in [0.4, 0.5) is 4.39 Å². The molecule has 8 heteroatoms. The zero-order chi connectivity index (χ0) is 18.9. The zero-order valence-electron chi connectivity index (χ0n) is 13.0. The molecule has 0 radical (unpaired) electrons. The largest absolute Gasteiger partial charge is 0.481 e. The van der Waals surface area contributed by atoms with Gasteiger partial charge < -0.3 is 10.2 Å². The van der Waals surface area contributed by atoms with E-state index in [0.29, 0.717) is 17.3 Å². The number of carbonyl (C=O) groups is 2. The minimum absolute atomic E-state index is 0.00359. The highest BCUT2D eigenvalue weighted by Gasteiger charge is 2.48. The Morgan fingerprint density at radius 3 is 2.44 bits per heavy atom. The highest BCUT2D eigenvalue weighted by atomic mass is 79.9. The molecule has 2 unspecified atom stereocenters. The molecule has 2 rings (SSSR count). The van der Waals surface area contributed by atoms with Crippen molar-refractivity contribution >= 4 is 51.1 Å². The third-order valence-electron chi connectivity index (χ3n) is 4.21. The molecule has 1 aromatic rings. The fourth-order valence-corrected chi connectivity index (χ4v) is 3.95. The van der Waals surface area contributed by atoms with Crippen molar-refractivity contribution in [1.82, 2.24) is 0 Å². The standard InChI is InChI=1S/C17H14BrCl2FO4/c1-17(16(24)25)7-9(4-5-18)14(20)12(15(22)23)13(17)8-2-3-11(21)10(19)6-8/h2-3,6-7,13H,4-5H2,1H3,(H,22,23)(H,24,25). The van der Waals surface area contributed by atoms with Crippen molar-refractivity contribution in [1.29, 1.82) is 0 Å². The van der Waals surface area contributed by atoms with Crippen molar-refractivity contribution < 1.29 is 24.2 Å². The second-order valence-corrected chi connectivity index (χ2v) is 7.41. The Hall–Kier alpha value is -1.37. The quantitative estimate of drug-likeness (QED) is 0.620. The molecular weight excluding hydrogens is 438 g/mol. The number of allylic oxidation sites excluding steroid dienone is 2. The second-order valence-electron chi connectivity index (χ2n) is 5.84. The van der Waals surface area contributed by atoms with Gasteiger partial charge in [0, 0.05) is 11.2 Å². The van der Waals surface area contributed by atoms with E-state index in [4.69, 9.17) is 23.2 Å². The lowest BCUT2D eigenvalue weighted by Gasteiger charge is -2.37. The van der Waals surface area contributed by atoms with Crippen LogP contribution in [-0.4, -0.2) is 27.5 Å². The summed E-state index contributed by atoms with van der Waals surface area (Å²) in [6, 6.07) is 3.63. The Morgan fingerprint density at radius 1 is 1.32 bits per heavy atom. The van der Waals surface area contributed by atoms with Crippen molar-refractivity contribution in [3.05, 3.63) is 56.9 Å². The van der Waals surface area contributed by atoms with Gasteiger partial charge in [-0.3, -0.25) is 4.79 Å². The highest BCUT2D eigenvalue weighted by Crippen LogP contribution is 2.51. The van der Waals surface area contributed by atoms with E-state index in [1.165, 1.54) is 25.1 Å². The van der Waals surface area contributed by atoms with Gasteiger partial charge in [0.25, 0.3) is 0 Å². The van der Waals surface area contributed by atoms with E-state index in [2.05, 4.69) is 15.9 Å². The number of alkyl halides is 1. The first-order valence-corrected chi connectivity index (χ1v) is 9.10. The number of carboxylic acids is 2. The molecule has 0 amide bonds. The summed E-state index contributed by atoms with van der Waals surface area (Å²) in [6.45, 7) is 1.41. The van der Waals surface area contributed by atoms with Crippen molar-refractivity contribution in [2.75, 3.05) is 5.33 Å². The van der Waals surface area contributed by atoms with Gasteiger partial charge in [-0.1, -0.05) is 51.3 Å². The van der Waals surface area contributed by atoms with Gasteiger partial charge in [0.15, 0.2) is 0 Å². The van der Waals surface area contributed by atoms with Crippen LogP contribution >= 0.6 is 39.1 Å². The predicted molar refractivity (Wildman–Crippen MR) is 96.9 cm³/mol. The fourth-order valence-electron chi connectivity index (χ4n) is 3.00. The Bertz CT molecular complexity index is 806. The van der Waals surface area contributed by atoms with Crippen LogP contribution < -0.4 is 0 Å². The summed E-state index contributed by atoms with van der Waals surface area (Å²) in [7, 11) is 0. The minimum atomic E-state index is -1.58. The van der Waals surface area contributed by atoms with Crippen molar-refractivity contribution in [3.63, 3.8) is 0 Å². The average molecular weight is 452 g/mol. The molecule has 0 aliphatic heterocycles. The van der Waals surface area contributed by atoms with Crippen LogP contribution in [0.5, 0.6) is 0 Å². The monoisotopic (exact) mass is 450 g/mol. The van der Waals surface area contributed by atoms with Gasteiger partial charge in [-0.15, -0.1) is 0 Å². The molecule has 4 nitrogen and oxygen atoms in total. The van der Waals surface area contributed by atoms with Crippen LogP contribution in [-0.2, 0) is 9.59 Å². The molecule has 1 aliphatic carbocycles. The van der Waals surface area contributed by atoms with Crippen LogP contribution in [0, 0.1) is 11.2 Å². The van der Waals surface area contributed by atoms with Gasteiger partial charge in [-0.05, 0) is 36.6 Å². The average Bonchev–Trinajstić information content (AvgIpc) is 2.52. The van der Waals surface area contributed by atoms with Crippen LogP contribution in [0.2, 0.25) is 5.02 Å². The second kappa shape index (κ2) is 7.48. The Balaban J connectivity index is 2.78. The maximum absolute atomic E-state index is 13.5. The third kappa shape index (κ3) is 3.61. The maximum Gasteiger partial charge on any atom is 0.333 e. The molecular formula is C17H14BrCl2FO4. The lowest BCUT2D eigenvalue weighted by molar-refractivity contribution is -0.146. The number of carboxylic acid groups (broad SMARTS) is 2. The van der Waals surface area contributed by atoms with Crippen LogP contribution in [0.15, 0.2) is 40.5 Å². The van der Waals surface area contributed by atoms with E-state index < -0.39 is 29.1 Å². The summed E-state index contributed by atoms with van der Waals surface area (Å²) < 4.78 is 13.5. The zero-order valence-corrected chi connectivity index (χ0v) is 16.1. The summed E-state index contributed by atoms with van der Waals surface area (Å²) in [5, 5.41) is 19.8. The number of benzene rings is 1. The highest BCUT2D eigenvalue weighted by molar-refractivity contribution is 9.09. The predicted octanol–water partition coefficient (Wildman–Crippen LogP) is 4.96. The first-order valence-electron chi connectivity index (χ1n) is 7.22. The van der Waals surface area contributed by atoms with E-state index in [9.17, 15) is 24.2 Å². The first-order chi connectivity index (χ1) is 11.6. The van der Waals surface area contributed by atoms with Crippen molar-refractivity contribution in [3.8, 4) is 0 Å². The lowest BCUT2D eigenvalue weighted by Crippen LogP contribution is -2.38. The lowest BCUT2D eigenvalue weighted by atomic mass is 9.65. The number of aliphatic carboxylic acids is 2. The summed E-state index contributed by atoms with van der Waals surface area (Å²) in [5.74, 6) is -4.34. The molecule has 0 bridgehead atoms. The van der Waals surface area contributed by atoms with E-state index in [0.717, 1.165) is 6.07 Å². The van der Waals surface area contributed by atoms with Gasteiger partial charge in [-0.25, -0.2) is 9.18 Å². The summed E-state index contributed by atoms with van der Waals surface area (Å²) in [5.41, 5.74) is -1.12. The van der Waals surface area contributed by atoms with Crippen molar-refractivity contribution in [2.45, 2.75) is 19.3 Å². The normalized spacial score (nSPS) is 23.4. The van der Waals surface area contributed by atoms with Gasteiger partial charge >= 0.3 is 11.9 Å². The molecule has 2 atom stereocenters. The van der Waals surface area contributed by atoms with Crippen LogP contribution in [0.1, 0.15) is 24.8 Å². The molecule has 1 aliphatic rings. The molecule has 0 spiro atoms. The van der Waals surface area contributed by atoms with E-state index in [-0.39, 0.29) is 21.2 Å². The molecule has 0 fully saturated rings. The van der Waals surface area contributed by atoms with Gasteiger partial charge in [0.05, 0.1) is 21.0 Å². The van der Waals surface area contributed by atoms with E-state index in [1.54, 1.807) is 0 Å². The molecule has 25 heavy (non-hydrogen) atoms. The first kappa shape index (κ1) is 19.9. The smallest absolute Gasteiger partial charge is 0.333 e. The number of hydrogen-bond acceptors (Lipinski definition) is 2. The molecule has 1 aromatic carbocycles. The summed E-state index contributed by atoms with van der Waals surface area (Å²) in [4.78, 5) is 23.9. The van der Waals surface area contributed by atoms with E-state index in [1.807, 2.05) is 0 Å². The van der Waals surface area contributed by atoms with Gasteiger partial charge in [0.1, 0.15) is 5.82 Å².